The van der Waals surface area contributed by atoms with Gasteiger partial charge in [-0.1, -0.05) is 0 Å². The van der Waals surface area contributed by atoms with Crippen LogP contribution in [0.1, 0.15) is 30.4 Å². The number of sulfone groups is 1. The van der Waals surface area contributed by atoms with Gasteiger partial charge in [0.2, 0.25) is 0 Å². The van der Waals surface area contributed by atoms with Crippen LogP contribution in [-0.4, -0.2) is 48.5 Å². The number of hydrogen-bond donors (Lipinski definition) is 1. The van der Waals surface area contributed by atoms with E-state index in [0.29, 0.717) is 19.3 Å². The molecule has 2 heterocycles. The highest BCUT2D eigenvalue weighted by Crippen LogP contribution is 2.49. The normalized spacial score (nSPS) is 22.1. The van der Waals surface area contributed by atoms with E-state index in [-0.39, 0.29) is 27.1 Å². The van der Waals surface area contributed by atoms with E-state index < -0.39 is 57.1 Å². The number of hydrogen-bond acceptors (Lipinski definition) is 7. The summed E-state index contributed by atoms with van der Waals surface area (Å²) < 4.78 is 71.9. The van der Waals surface area contributed by atoms with Crippen LogP contribution in [0.15, 0.2) is 41.3 Å². The van der Waals surface area contributed by atoms with E-state index in [2.05, 4.69) is 0 Å². The third-order valence-electron chi connectivity index (χ3n) is 6.70. The first-order valence-electron chi connectivity index (χ1n) is 10.9. The van der Waals surface area contributed by atoms with Crippen molar-refractivity contribution in [2.75, 3.05) is 22.2 Å². The Hall–Kier alpha value is -3.21. The number of amides is 1. The molecule has 1 spiro atoms. The zero-order chi connectivity index (χ0) is 26.0. The van der Waals surface area contributed by atoms with Crippen LogP contribution in [0.2, 0.25) is 0 Å². The molecule has 36 heavy (non-hydrogen) atoms. The molecule has 0 aromatic heterocycles. The molecule has 188 valence electrons. The lowest BCUT2D eigenvalue weighted by Gasteiger charge is -2.43. The maximum Gasteiger partial charge on any atom is 0.417 e. The first-order valence-corrected chi connectivity index (χ1v) is 12.9. The number of halogens is 3. The van der Waals surface area contributed by atoms with Crippen LogP contribution >= 0.6 is 12.2 Å². The van der Waals surface area contributed by atoms with Crippen LogP contribution in [0, 0.1) is 11.3 Å². The molecule has 2 aromatic carbocycles. The zero-order valence-electron chi connectivity index (χ0n) is 18.4. The number of alkyl halides is 3. The van der Waals surface area contributed by atoms with Gasteiger partial charge in [-0.25, -0.2) is 8.42 Å². The Kier molecular flexibility index (Phi) is 5.55. The minimum Gasteiger partial charge on any atom is -0.486 e. The molecule has 1 amide bonds. The minimum absolute atomic E-state index is 0.0573. The lowest BCUT2D eigenvalue weighted by molar-refractivity contribution is -0.137. The van der Waals surface area contributed by atoms with E-state index >= 15 is 0 Å². The van der Waals surface area contributed by atoms with Crippen molar-refractivity contribution in [2.24, 2.45) is 0 Å². The van der Waals surface area contributed by atoms with Crippen molar-refractivity contribution in [3.05, 3.63) is 47.5 Å². The van der Waals surface area contributed by atoms with Crippen LogP contribution in [-0.2, 0) is 20.8 Å². The Bertz CT molecular complexity index is 1450. The van der Waals surface area contributed by atoms with Crippen molar-refractivity contribution in [1.29, 1.82) is 5.26 Å². The van der Waals surface area contributed by atoms with Crippen LogP contribution < -0.4 is 14.5 Å². The van der Waals surface area contributed by atoms with E-state index in [4.69, 9.17) is 22.2 Å². The van der Waals surface area contributed by atoms with E-state index in [1.54, 1.807) is 0 Å². The van der Waals surface area contributed by atoms with Crippen LogP contribution in [0.3, 0.4) is 0 Å². The topological polar surface area (TPSA) is 111 Å². The summed E-state index contributed by atoms with van der Waals surface area (Å²) in [5.74, 6) is -0.887. The monoisotopic (exact) mass is 537 g/mol. The van der Waals surface area contributed by atoms with Crippen molar-refractivity contribution < 1.29 is 36.2 Å². The van der Waals surface area contributed by atoms with E-state index in [9.17, 15) is 31.5 Å². The molecule has 0 bridgehead atoms. The average molecular weight is 538 g/mol. The smallest absolute Gasteiger partial charge is 0.417 e. The molecule has 3 aliphatic rings. The summed E-state index contributed by atoms with van der Waals surface area (Å²) in [6.07, 6.45) is -4.31. The molecule has 13 heteroatoms. The number of carbonyl (C=O) groups is 1. The highest BCUT2D eigenvalue weighted by Gasteiger charge is 2.60. The molecule has 1 atom stereocenters. The predicted molar refractivity (Wildman–Crippen MR) is 125 cm³/mol. The van der Waals surface area contributed by atoms with E-state index in [1.165, 1.54) is 35.2 Å². The molecular weight excluding hydrogens is 519 g/mol. The van der Waals surface area contributed by atoms with Gasteiger partial charge in [-0.2, -0.15) is 18.4 Å². The molecule has 2 aliphatic heterocycles. The average Bonchev–Trinajstić information content (AvgIpc) is 3.04. The molecule has 1 N–H and O–H groups in total. The summed E-state index contributed by atoms with van der Waals surface area (Å²) in [7, 11) is -3.82. The van der Waals surface area contributed by atoms with Crippen LogP contribution in [0.5, 0.6) is 5.75 Å². The summed E-state index contributed by atoms with van der Waals surface area (Å²) in [5, 5.41) is 18.3. The van der Waals surface area contributed by atoms with Crippen LogP contribution in [0.4, 0.5) is 24.5 Å². The molecule has 0 unspecified atom stereocenters. The van der Waals surface area contributed by atoms with Gasteiger partial charge in [0.1, 0.15) is 22.3 Å². The summed E-state index contributed by atoms with van der Waals surface area (Å²) in [5.41, 5.74) is -2.78. The fraction of sp³-hybridized carbons (Fsp3) is 0.348. The Labute approximate surface area is 209 Å². The van der Waals surface area contributed by atoms with Gasteiger partial charge in [0, 0.05) is 5.69 Å². The summed E-state index contributed by atoms with van der Waals surface area (Å²) in [4.78, 5) is 16.0. The third-order valence-corrected chi connectivity index (χ3v) is 8.87. The number of thiocarbonyl (C=S) groups is 1. The number of aliphatic hydroxyl groups excluding tert-OH is 1. The number of carbonyl (C=O) groups excluding carboxylic acids is 1. The SMILES string of the molecule is N#Cc1ccc(N2C(=O)C3(CCC3)N(c3ccc4c(c3)S(=O)(=O)C[C@@H](CO)O4)C2=S)cc1C(F)(F)F. The molecule has 0 radical (unpaired) electrons. The van der Waals surface area contributed by atoms with E-state index in [0.717, 1.165) is 17.0 Å². The Morgan fingerprint density at radius 1 is 1.19 bits per heavy atom. The van der Waals surface area contributed by atoms with Gasteiger partial charge in [-0.3, -0.25) is 9.69 Å². The van der Waals surface area contributed by atoms with Gasteiger partial charge in [0.25, 0.3) is 5.91 Å². The van der Waals surface area contributed by atoms with Gasteiger partial charge in [-0.15, -0.1) is 0 Å². The van der Waals surface area contributed by atoms with Crippen molar-refractivity contribution in [3.8, 4) is 11.8 Å². The number of aliphatic hydroxyl groups is 1. The first kappa shape index (κ1) is 24.5. The van der Waals surface area contributed by atoms with Crippen molar-refractivity contribution >= 4 is 44.4 Å². The molecule has 1 saturated heterocycles. The minimum atomic E-state index is -4.82. The molecule has 1 aliphatic carbocycles. The van der Waals surface area contributed by atoms with Crippen molar-refractivity contribution in [2.45, 2.75) is 42.0 Å². The lowest BCUT2D eigenvalue weighted by atomic mass is 9.75. The number of fused-ring (bicyclic) bond motifs is 1. The number of benzene rings is 2. The number of rotatable bonds is 3. The highest BCUT2D eigenvalue weighted by atomic mass is 32.2. The first-order chi connectivity index (χ1) is 16.9. The maximum atomic E-state index is 13.6. The number of ether oxygens (including phenoxy) is 1. The van der Waals surface area contributed by atoms with Gasteiger partial charge >= 0.3 is 6.18 Å². The largest absolute Gasteiger partial charge is 0.486 e. The van der Waals surface area contributed by atoms with Gasteiger partial charge in [0.05, 0.1) is 35.2 Å². The Morgan fingerprint density at radius 3 is 2.47 bits per heavy atom. The van der Waals surface area contributed by atoms with E-state index in [1.807, 2.05) is 0 Å². The highest BCUT2D eigenvalue weighted by molar-refractivity contribution is 7.91. The summed E-state index contributed by atoms with van der Waals surface area (Å²) in [6.45, 7) is -0.478. The predicted octanol–water partition coefficient (Wildman–Crippen LogP) is 3.16. The summed E-state index contributed by atoms with van der Waals surface area (Å²) in [6, 6.07) is 8.72. The molecule has 2 fully saturated rings. The molecule has 2 aromatic rings. The van der Waals surface area contributed by atoms with Crippen molar-refractivity contribution in [3.63, 3.8) is 0 Å². The number of anilines is 2. The van der Waals surface area contributed by atoms with Gasteiger partial charge in [0.15, 0.2) is 14.9 Å². The third kappa shape index (κ3) is 3.55. The zero-order valence-corrected chi connectivity index (χ0v) is 20.1. The number of nitriles is 1. The van der Waals surface area contributed by atoms with Crippen LogP contribution in [0.25, 0.3) is 0 Å². The maximum absolute atomic E-state index is 13.6. The quantitative estimate of drug-likeness (QED) is 0.595. The Balaban J connectivity index is 1.60. The molecular formula is C23H18F3N3O5S2. The van der Waals surface area contributed by atoms with Gasteiger partial charge < -0.3 is 14.7 Å². The molecule has 1 saturated carbocycles. The molecule has 8 nitrogen and oxygen atoms in total. The van der Waals surface area contributed by atoms with Gasteiger partial charge in [-0.05, 0) is 67.9 Å². The second-order valence-electron chi connectivity index (χ2n) is 8.82. The second kappa shape index (κ2) is 8.16. The lowest BCUT2D eigenvalue weighted by Crippen LogP contribution is -2.55. The second-order valence-corrected chi connectivity index (χ2v) is 11.2. The fourth-order valence-corrected chi connectivity index (χ4v) is 6.86. The van der Waals surface area contributed by atoms with Crippen molar-refractivity contribution in [1.82, 2.24) is 0 Å². The summed E-state index contributed by atoms with van der Waals surface area (Å²) >= 11 is 5.57. The fourth-order valence-electron chi connectivity index (χ4n) is 4.83. The number of nitrogens with zero attached hydrogens (tertiary/aromatic N) is 3. The standard InChI is InChI=1S/C23H18F3N3O5S2/c24-23(25,26)17-8-14(3-2-13(17)10-27)28-20(31)22(6-1-7-22)29(21(28)35)15-4-5-18-19(9-15)36(32,33)12-16(11-30)34-18/h2-5,8-9,16,30H,1,6-7,11-12H2/t16-/m1/s1. The Morgan fingerprint density at radius 2 is 1.89 bits per heavy atom. The molecule has 5 rings (SSSR count).